The fourth-order valence-electron chi connectivity index (χ4n) is 2.12. The normalized spacial score (nSPS) is 10.7. The van der Waals surface area contributed by atoms with Crippen LogP contribution in [-0.2, 0) is 0 Å². The number of aromatic amines is 1. The lowest BCUT2D eigenvalue weighted by Gasteiger charge is -2.08. The highest BCUT2D eigenvalue weighted by molar-refractivity contribution is 5.94. The largest absolute Gasteiger partial charge is 0.352 e. The first-order valence-electron chi connectivity index (χ1n) is 7.56. The van der Waals surface area contributed by atoms with E-state index in [1.54, 1.807) is 12.1 Å². The number of rotatable bonds is 5. The Morgan fingerprint density at radius 3 is 2.41 bits per heavy atom. The molecule has 116 valence electrons. The summed E-state index contributed by atoms with van der Waals surface area (Å²) in [6, 6.07) is 11.2. The smallest absolute Gasteiger partial charge is 0.261 e. The molecule has 0 atom stereocenters. The molecule has 2 N–H and O–H groups in total. The lowest BCUT2D eigenvalue weighted by Crippen LogP contribution is -2.30. The van der Waals surface area contributed by atoms with Crippen molar-refractivity contribution in [3.8, 4) is 11.3 Å². The maximum absolute atomic E-state index is 12.1. The van der Waals surface area contributed by atoms with E-state index in [1.165, 1.54) is 0 Å². The number of amides is 1. The van der Waals surface area contributed by atoms with Crippen molar-refractivity contribution in [1.29, 1.82) is 0 Å². The first kappa shape index (κ1) is 16.0. The van der Waals surface area contributed by atoms with E-state index in [0.29, 0.717) is 18.2 Å². The van der Waals surface area contributed by atoms with Crippen molar-refractivity contribution in [1.82, 2.24) is 10.3 Å². The zero-order valence-corrected chi connectivity index (χ0v) is 13.3. The highest BCUT2D eigenvalue weighted by atomic mass is 16.2. The van der Waals surface area contributed by atoms with E-state index in [0.717, 1.165) is 17.5 Å². The number of aromatic nitrogens is 1. The highest BCUT2D eigenvalue weighted by Gasteiger charge is 2.11. The molecule has 1 amide bonds. The minimum Gasteiger partial charge on any atom is -0.352 e. The summed E-state index contributed by atoms with van der Waals surface area (Å²) >= 11 is 0. The molecule has 0 unspecified atom stereocenters. The van der Waals surface area contributed by atoms with Crippen LogP contribution in [0.4, 0.5) is 0 Å². The van der Waals surface area contributed by atoms with Crippen molar-refractivity contribution in [2.24, 2.45) is 5.92 Å². The second-order valence-corrected chi connectivity index (χ2v) is 5.92. The molecule has 0 aliphatic carbocycles. The van der Waals surface area contributed by atoms with Gasteiger partial charge in [0.15, 0.2) is 0 Å². The summed E-state index contributed by atoms with van der Waals surface area (Å²) in [6.45, 7) is 6.78. The van der Waals surface area contributed by atoms with Crippen molar-refractivity contribution < 1.29 is 4.79 Å². The maximum atomic E-state index is 12.1. The van der Waals surface area contributed by atoms with Gasteiger partial charge in [0.25, 0.3) is 11.5 Å². The number of hydrogen-bond acceptors (Lipinski definition) is 2. The van der Waals surface area contributed by atoms with Crippen LogP contribution in [0.5, 0.6) is 0 Å². The Balaban J connectivity index is 2.14. The minimum atomic E-state index is -0.361. The number of hydrogen-bond donors (Lipinski definition) is 2. The van der Waals surface area contributed by atoms with Crippen LogP contribution < -0.4 is 10.9 Å². The molecule has 0 spiro atoms. The average molecular weight is 298 g/mol. The highest BCUT2D eigenvalue weighted by Crippen LogP contribution is 2.16. The fraction of sp³-hybridized carbons (Fsp3) is 0.333. The van der Waals surface area contributed by atoms with Crippen LogP contribution in [0, 0.1) is 12.8 Å². The first-order valence-corrected chi connectivity index (χ1v) is 7.56. The molecule has 0 saturated heterocycles. The standard InChI is InChI=1S/C18H22N2O2/c1-12(2)10-11-19-17(21)15-8-9-16(20-18(15)22)14-6-4-13(3)5-7-14/h4-9,12H,10-11H2,1-3H3,(H,19,21)(H,20,22). The average Bonchev–Trinajstić information content (AvgIpc) is 2.47. The van der Waals surface area contributed by atoms with Gasteiger partial charge < -0.3 is 10.3 Å². The van der Waals surface area contributed by atoms with E-state index in [1.807, 2.05) is 31.2 Å². The Bertz CT molecular complexity index is 700. The van der Waals surface area contributed by atoms with Crippen LogP contribution in [0.2, 0.25) is 0 Å². The zero-order valence-electron chi connectivity index (χ0n) is 13.3. The lowest BCUT2D eigenvalue weighted by molar-refractivity contribution is 0.0950. The first-order chi connectivity index (χ1) is 10.5. The summed E-state index contributed by atoms with van der Waals surface area (Å²) in [5.74, 6) is 0.194. The molecule has 22 heavy (non-hydrogen) atoms. The van der Waals surface area contributed by atoms with Crippen molar-refractivity contribution >= 4 is 5.91 Å². The van der Waals surface area contributed by atoms with Gasteiger partial charge in [-0.2, -0.15) is 0 Å². The van der Waals surface area contributed by atoms with Crippen molar-refractivity contribution in [3.05, 3.63) is 57.9 Å². The van der Waals surface area contributed by atoms with E-state index in [2.05, 4.69) is 24.1 Å². The molecule has 0 radical (unpaired) electrons. The lowest BCUT2D eigenvalue weighted by atomic mass is 10.1. The molecule has 2 aromatic rings. The van der Waals surface area contributed by atoms with Crippen molar-refractivity contribution in [2.75, 3.05) is 6.54 Å². The molecule has 0 aliphatic rings. The number of pyridine rings is 1. The van der Waals surface area contributed by atoms with E-state index in [4.69, 9.17) is 0 Å². The molecular formula is C18H22N2O2. The van der Waals surface area contributed by atoms with Crippen molar-refractivity contribution in [3.63, 3.8) is 0 Å². The predicted molar refractivity (Wildman–Crippen MR) is 89.0 cm³/mol. The van der Waals surface area contributed by atoms with Gasteiger partial charge in [-0.25, -0.2) is 0 Å². The molecule has 2 rings (SSSR count). The molecule has 1 aromatic carbocycles. The Hall–Kier alpha value is -2.36. The Morgan fingerprint density at radius 1 is 1.14 bits per heavy atom. The van der Waals surface area contributed by atoms with E-state index >= 15 is 0 Å². The van der Waals surface area contributed by atoms with Gasteiger partial charge in [-0.3, -0.25) is 9.59 Å². The third-order valence-electron chi connectivity index (χ3n) is 3.52. The Morgan fingerprint density at radius 2 is 1.82 bits per heavy atom. The van der Waals surface area contributed by atoms with Crippen LogP contribution in [0.25, 0.3) is 11.3 Å². The van der Waals surface area contributed by atoms with Gasteiger partial charge in [-0.05, 0) is 37.0 Å². The molecule has 0 fully saturated rings. The number of benzene rings is 1. The predicted octanol–water partition coefficient (Wildman–Crippen LogP) is 3.13. The van der Waals surface area contributed by atoms with Crippen LogP contribution in [0.3, 0.4) is 0 Å². The second kappa shape index (κ2) is 7.07. The van der Waals surface area contributed by atoms with Gasteiger partial charge in [-0.15, -0.1) is 0 Å². The number of carbonyl (C=O) groups excluding carboxylic acids is 1. The molecule has 0 saturated carbocycles. The molecule has 0 aliphatic heterocycles. The van der Waals surface area contributed by atoms with Gasteiger partial charge in [-0.1, -0.05) is 43.7 Å². The summed E-state index contributed by atoms with van der Waals surface area (Å²) in [5.41, 5.74) is 2.59. The SMILES string of the molecule is Cc1ccc(-c2ccc(C(=O)NCCC(C)C)c(=O)[nH]2)cc1. The molecule has 4 nitrogen and oxygen atoms in total. The summed E-state index contributed by atoms with van der Waals surface area (Å²) < 4.78 is 0. The molecule has 4 heteroatoms. The summed E-state index contributed by atoms with van der Waals surface area (Å²) in [7, 11) is 0. The van der Waals surface area contributed by atoms with Gasteiger partial charge in [0, 0.05) is 12.2 Å². The zero-order chi connectivity index (χ0) is 16.1. The number of aryl methyl sites for hydroxylation is 1. The van der Waals surface area contributed by atoms with Crippen LogP contribution in [-0.4, -0.2) is 17.4 Å². The molecular weight excluding hydrogens is 276 g/mol. The number of nitrogens with one attached hydrogen (secondary N) is 2. The number of carbonyl (C=O) groups is 1. The van der Waals surface area contributed by atoms with E-state index in [-0.39, 0.29) is 17.0 Å². The Labute approximate surface area is 130 Å². The third-order valence-corrected chi connectivity index (χ3v) is 3.52. The Kier molecular flexibility index (Phi) is 5.15. The second-order valence-electron chi connectivity index (χ2n) is 5.92. The van der Waals surface area contributed by atoms with Gasteiger partial charge in [0.2, 0.25) is 0 Å². The number of H-pyrrole nitrogens is 1. The molecule has 1 aromatic heterocycles. The maximum Gasteiger partial charge on any atom is 0.261 e. The van der Waals surface area contributed by atoms with Crippen LogP contribution in [0.1, 0.15) is 36.2 Å². The van der Waals surface area contributed by atoms with E-state index < -0.39 is 0 Å². The van der Waals surface area contributed by atoms with Gasteiger partial charge in [0.05, 0.1) is 0 Å². The third kappa shape index (κ3) is 4.07. The van der Waals surface area contributed by atoms with Crippen LogP contribution >= 0.6 is 0 Å². The van der Waals surface area contributed by atoms with Crippen LogP contribution in [0.15, 0.2) is 41.2 Å². The quantitative estimate of drug-likeness (QED) is 0.891. The van der Waals surface area contributed by atoms with Crippen molar-refractivity contribution in [2.45, 2.75) is 27.2 Å². The summed E-state index contributed by atoms with van der Waals surface area (Å²) in [5, 5.41) is 2.78. The van der Waals surface area contributed by atoms with Gasteiger partial charge >= 0.3 is 0 Å². The molecule has 0 bridgehead atoms. The fourth-order valence-corrected chi connectivity index (χ4v) is 2.12. The topological polar surface area (TPSA) is 62.0 Å². The summed E-state index contributed by atoms with van der Waals surface area (Å²) in [6.07, 6.45) is 0.894. The summed E-state index contributed by atoms with van der Waals surface area (Å²) in [4.78, 5) is 26.9. The minimum absolute atomic E-state index is 0.152. The van der Waals surface area contributed by atoms with Gasteiger partial charge in [0.1, 0.15) is 5.56 Å². The van der Waals surface area contributed by atoms with E-state index in [9.17, 15) is 9.59 Å². The molecule has 1 heterocycles. The monoisotopic (exact) mass is 298 g/mol.